The summed E-state index contributed by atoms with van der Waals surface area (Å²) in [5.41, 5.74) is 0.513. The van der Waals surface area contributed by atoms with Crippen LogP contribution in [0.2, 0.25) is 0 Å². The Balaban J connectivity index is 1.97. The zero-order valence-electron chi connectivity index (χ0n) is 13.5. The third-order valence-electron chi connectivity index (χ3n) is 4.45. The molecule has 0 aliphatic carbocycles. The van der Waals surface area contributed by atoms with Gasteiger partial charge < -0.3 is 20.0 Å². The highest BCUT2D eigenvalue weighted by atomic mass is 32.1. The molecule has 0 radical (unpaired) electrons. The zero-order chi connectivity index (χ0) is 17.8. The van der Waals surface area contributed by atoms with E-state index in [1.807, 2.05) is 0 Å². The van der Waals surface area contributed by atoms with Crippen molar-refractivity contribution in [2.75, 3.05) is 14.1 Å². The molecule has 7 nitrogen and oxygen atoms in total. The van der Waals surface area contributed by atoms with Crippen molar-refractivity contribution >= 4 is 34.7 Å². The minimum atomic E-state index is -1.17. The molecule has 3 atom stereocenters. The summed E-state index contributed by atoms with van der Waals surface area (Å²) in [6, 6.07) is 3.06. The number of aliphatic hydroxyl groups excluding tert-OH is 1. The SMILES string of the molecule is CC(O)C1C(=O)N2C(C(=O)O)=C(c3ccc(C(=O)N(C)C)s3)CC12. The van der Waals surface area contributed by atoms with E-state index in [2.05, 4.69) is 0 Å². The van der Waals surface area contributed by atoms with E-state index >= 15 is 0 Å². The Hall–Kier alpha value is -2.19. The second kappa shape index (κ2) is 5.71. The first-order valence-electron chi connectivity index (χ1n) is 7.53. The van der Waals surface area contributed by atoms with Crippen molar-refractivity contribution in [2.24, 2.45) is 5.92 Å². The maximum absolute atomic E-state index is 12.2. The van der Waals surface area contributed by atoms with Crippen LogP contribution in [0, 0.1) is 5.92 Å². The molecule has 2 aliphatic heterocycles. The molecular weight excluding hydrogens is 332 g/mol. The topological polar surface area (TPSA) is 98.1 Å². The van der Waals surface area contributed by atoms with Crippen molar-refractivity contribution in [3.05, 3.63) is 27.6 Å². The van der Waals surface area contributed by atoms with Crippen LogP contribution < -0.4 is 0 Å². The monoisotopic (exact) mass is 350 g/mol. The molecule has 0 aromatic carbocycles. The number of carboxylic acid groups (broad SMARTS) is 1. The number of hydrogen-bond donors (Lipinski definition) is 2. The number of aliphatic hydroxyl groups is 1. The number of carboxylic acids is 1. The lowest BCUT2D eigenvalue weighted by Gasteiger charge is -2.44. The number of β-lactam (4-membered cyclic amide) rings is 1. The Labute approximate surface area is 142 Å². The molecule has 0 bridgehead atoms. The predicted octanol–water partition coefficient (Wildman–Crippen LogP) is 0.857. The Morgan fingerprint density at radius 3 is 2.58 bits per heavy atom. The molecule has 3 heterocycles. The molecule has 128 valence electrons. The first-order valence-corrected chi connectivity index (χ1v) is 8.35. The summed E-state index contributed by atoms with van der Waals surface area (Å²) in [4.78, 5) is 39.8. The lowest BCUT2D eigenvalue weighted by atomic mass is 9.83. The molecule has 3 rings (SSSR count). The van der Waals surface area contributed by atoms with Crippen LogP contribution in [0.3, 0.4) is 0 Å². The highest BCUT2D eigenvalue weighted by Gasteiger charge is 2.56. The number of carbonyl (C=O) groups excluding carboxylic acids is 2. The van der Waals surface area contributed by atoms with Gasteiger partial charge in [-0.3, -0.25) is 9.59 Å². The van der Waals surface area contributed by atoms with Crippen LogP contribution in [0.5, 0.6) is 0 Å². The number of rotatable bonds is 4. The van der Waals surface area contributed by atoms with Crippen molar-refractivity contribution in [3.63, 3.8) is 0 Å². The van der Waals surface area contributed by atoms with E-state index in [4.69, 9.17) is 0 Å². The van der Waals surface area contributed by atoms with E-state index in [9.17, 15) is 24.6 Å². The fraction of sp³-hybridized carbons (Fsp3) is 0.438. The lowest BCUT2D eigenvalue weighted by molar-refractivity contribution is -0.161. The summed E-state index contributed by atoms with van der Waals surface area (Å²) in [5.74, 6) is -2.25. The molecular formula is C16H18N2O5S. The number of fused-ring (bicyclic) bond motifs is 1. The van der Waals surface area contributed by atoms with Gasteiger partial charge in [0.15, 0.2) is 0 Å². The van der Waals surface area contributed by atoms with Crippen LogP contribution in [0.15, 0.2) is 17.8 Å². The Morgan fingerprint density at radius 2 is 2.04 bits per heavy atom. The quantitative estimate of drug-likeness (QED) is 0.785. The van der Waals surface area contributed by atoms with Crippen LogP contribution in [0.25, 0.3) is 5.57 Å². The van der Waals surface area contributed by atoms with E-state index < -0.39 is 18.0 Å². The second-order valence-corrected chi connectivity index (χ2v) is 7.33. The molecule has 2 N–H and O–H groups in total. The van der Waals surface area contributed by atoms with Crippen molar-refractivity contribution in [1.82, 2.24) is 9.80 Å². The number of hydrogen-bond acceptors (Lipinski definition) is 5. The second-order valence-electron chi connectivity index (χ2n) is 6.24. The highest BCUT2D eigenvalue weighted by molar-refractivity contribution is 7.15. The van der Waals surface area contributed by atoms with Gasteiger partial charge in [0, 0.05) is 24.5 Å². The summed E-state index contributed by atoms with van der Waals surface area (Å²) in [6.45, 7) is 1.54. The summed E-state index contributed by atoms with van der Waals surface area (Å²) >= 11 is 1.22. The average Bonchev–Trinajstić information content (AvgIpc) is 3.07. The van der Waals surface area contributed by atoms with Crippen molar-refractivity contribution in [1.29, 1.82) is 0 Å². The number of aliphatic carboxylic acids is 1. The first kappa shape index (κ1) is 16.7. The van der Waals surface area contributed by atoms with Gasteiger partial charge in [0.25, 0.3) is 5.91 Å². The summed E-state index contributed by atoms with van der Waals surface area (Å²) in [6.07, 6.45) is -0.443. The fourth-order valence-electron chi connectivity index (χ4n) is 3.33. The van der Waals surface area contributed by atoms with Gasteiger partial charge in [0.05, 0.1) is 22.9 Å². The zero-order valence-corrected chi connectivity index (χ0v) is 14.3. The van der Waals surface area contributed by atoms with Gasteiger partial charge in [-0.15, -0.1) is 11.3 Å². The average molecular weight is 350 g/mol. The Kier molecular flexibility index (Phi) is 3.97. The van der Waals surface area contributed by atoms with Crippen LogP contribution in [0.1, 0.15) is 27.9 Å². The molecule has 3 unspecified atom stereocenters. The summed E-state index contributed by atoms with van der Waals surface area (Å²) in [5, 5.41) is 19.3. The third kappa shape index (κ3) is 2.33. The molecule has 2 aliphatic rings. The molecule has 0 saturated carbocycles. The molecule has 8 heteroatoms. The summed E-state index contributed by atoms with van der Waals surface area (Å²) < 4.78 is 0. The predicted molar refractivity (Wildman–Crippen MR) is 87.3 cm³/mol. The highest BCUT2D eigenvalue weighted by Crippen LogP contribution is 2.48. The third-order valence-corrected chi connectivity index (χ3v) is 5.58. The number of carbonyl (C=O) groups is 3. The molecule has 2 amide bonds. The number of thiophene rings is 1. The largest absolute Gasteiger partial charge is 0.477 e. The van der Waals surface area contributed by atoms with Crippen LogP contribution >= 0.6 is 11.3 Å². The van der Waals surface area contributed by atoms with Gasteiger partial charge in [-0.1, -0.05) is 0 Å². The van der Waals surface area contributed by atoms with Crippen molar-refractivity contribution in [3.8, 4) is 0 Å². The summed E-state index contributed by atoms with van der Waals surface area (Å²) in [7, 11) is 3.30. The molecule has 1 aromatic rings. The van der Waals surface area contributed by atoms with Crippen LogP contribution in [-0.2, 0) is 9.59 Å². The van der Waals surface area contributed by atoms with E-state index in [0.717, 1.165) is 0 Å². The minimum Gasteiger partial charge on any atom is -0.477 e. The van der Waals surface area contributed by atoms with Gasteiger partial charge in [-0.05, 0) is 25.5 Å². The molecule has 1 aromatic heterocycles. The maximum atomic E-state index is 12.2. The standard InChI is InChI=1S/C16H18N2O5S/c1-7(19)12-9-6-8(13(16(22)23)18(9)15(12)21)10-4-5-11(24-10)14(20)17(2)3/h4-5,7,9,12,19H,6H2,1-3H3,(H,22,23). The molecule has 24 heavy (non-hydrogen) atoms. The smallest absolute Gasteiger partial charge is 0.352 e. The van der Waals surface area contributed by atoms with E-state index in [1.54, 1.807) is 26.2 Å². The first-order chi connectivity index (χ1) is 11.2. The maximum Gasteiger partial charge on any atom is 0.352 e. The fourth-order valence-corrected chi connectivity index (χ4v) is 4.41. The Morgan fingerprint density at radius 1 is 1.38 bits per heavy atom. The van der Waals surface area contributed by atoms with Gasteiger partial charge in [0.1, 0.15) is 5.70 Å². The van der Waals surface area contributed by atoms with Gasteiger partial charge >= 0.3 is 5.97 Å². The number of nitrogens with zero attached hydrogens (tertiary/aromatic N) is 2. The van der Waals surface area contributed by atoms with E-state index in [-0.39, 0.29) is 23.6 Å². The van der Waals surface area contributed by atoms with Crippen molar-refractivity contribution < 1.29 is 24.6 Å². The Bertz CT molecular complexity index is 764. The van der Waals surface area contributed by atoms with Crippen LogP contribution in [0.4, 0.5) is 0 Å². The number of amides is 2. The lowest BCUT2D eigenvalue weighted by Crippen LogP contribution is -2.61. The molecule has 0 spiro atoms. The van der Waals surface area contributed by atoms with E-state index in [1.165, 1.54) is 28.1 Å². The van der Waals surface area contributed by atoms with Gasteiger partial charge in [0.2, 0.25) is 5.91 Å². The van der Waals surface area contributed by atoms with E-state index in [0.29, 0.717) is 21.7 Å². The normalized spacial score (nSPS) is 23.8. The minimum absolute atomic E-state index is 0.0346. The van der Waals surface area contributed by atoms with Gasteiger partial charge in [-0.25, -0.2) is 4.79 Å². The van der Waals surface area contributed by atoms with Crippen LogP contribution in [-0.4, -0.2) is 64.0 Å². The molecule has 1 fully saturated rings. The molecule has 1 saturated heterocycles. The van der Waals surface area contributed by atoms with Gasteiger partial charge in [-0.2, -0.15) is 0 Å². The van der Waals surface area contributed by atoms with Crippen molar-refractivity contribution in [2.45, 2.75) is 25.5 Å².